The first kappa shape index (κ1) is 24.4. The Morgan fingerprint density at radius 1 is 1.03 bits per heavy atom. The molecule has 0 atom stereocenters. The topological polar surface area (TPSA) is 128 Å². The highest BCUT2D eigenvalue weighted by atomic mass is 32.2. The third-order valence-corrected chi connectivity index (χ3v) is 7.17. The third-order valence-electron chi connectivity index (χ3n) is 5.25. The number of aryl methyl sites for hydroxylation is 1. The van der Waals surface area contributed by atoms with Crippen LogP contribution in [0.3, 0.4) is 0 Å². The van der Waals surface area contributed by atoms with Crippen LogP contribution in [-0.2, 0) is 35.5 Å². The van der Waals surface area contributed by atoms with E-state index in [9.17, 15) is 22.8 Å². The predicted octanol–water partition coefficient (Wildman–Crippen LogP) is 0.883. The van der Waals surface area contributed by atoms with E-state index in [2.05, 4.69) is 10.3 Å². The molecule has 0 aliphatic rings. The lowest BCUT2D eigenvalue weighted by atomic mass is 10.3. The monoisotopic (exact) mass is 476 g/mol. The second-order valence-electron chi connectivity index (χ2n) is 7.73. The minimum absolute atomic E-state index is 0.142. The van der Waals surface area contributed by atoms with Crippen molar-refractivity contribution < 1.29 is 13.2 Å². The molecule has 1 N–H and O–H groups in total. The van der Waals surface area contributed by atoms with Crippen molar-refractivity contribution in [2.24, 2.45) is 14.1 Å². The summed E-state index contributed by atoms with van der Waals surface area (Å²) in [6.45, 7) is 4.54. The number of nitrogens with zero attached hydrogens (tertiary/aromatic N) is 5. The van der Waals surface area contributed by atoms with Crippen LogP contribution in [0.4, 0.5) is 5.69 Å². The van der Waals surface area contributed by atoms with E-state index in [0.29, 0.717) is 31.6 Å². The summed E-state index contributed by atoms with van der Waals surface area (Å²) in [5.74, 6) is -0.431. The van der Waals surface area contributed by atoms with Crippen molar-refractivity contribution in [2.45, 2.75) is 38.1 Å². The minimum Gasteiger partial charge on any atom is -0.325 e. The van der Waals surface area contributed by atoms with Crippen molar-refractivity contribution in [1.82, 2.24) is 23.0 Å². The van der Waals surface area contributed by atoms with Crippen molar-refractivity contribution >= 4 is 32.8 Å². The molecule has 2 heterocycles. The molecular formula is C21H28N6O5S. The fourth-order valence-electron chi connectivity index (χ4n) is 3.58. The lowest BCUT2D eigenvalue weighted by Gasteiger charge is -2.21. The molecule has 11 nitrogen and oxygen atoms in total. The van der Waals surface area contributed by atoms with Crippen LogP contribution >= 0.6 is 0 Å². The van der Waals surface area contributed by atoms with Crippen LogP contribution in [-0.4, -0.2) is 50.4 Å². The summed E-state index contributed by atoms with van der Waals surface area (Å²) in [4.78, 5) is 41.4. The highest BCUT2D eigenvalue weighted by Crippen LogP contribution is 2.19. The normalized spacial score (nSPS) is 11.9. The summed E-state index contributed by atoms with van der Waals surface area (Å²) < 4.78 is 30.8. The van der Waals surface area contributed by atoms with E-state index in [4.69, 9.17) is 0 Å². The van der Waals surface area contributed by atoms with Gasteiger partial charge in [-0.05, 0) is 37.1 Å². The van der Waals surface area contributed by atoms with Gasteiger partial charge in [0.05, 0.1) is 11.2 Å². The van der Waals surface area contributed by atoms with E-state index in [0.717, 1.165) is 4.57 Å². The van der Waals surface area contributed by atoms with Gasteiger partial charge in [0.25, 0.3) is 5.56 Å². The number of amides is 1. The zero-order chi connectivity index (χ0) is 24.3. The van der Waals surface area contributed by atoms with Crippen molar-refractivity contribution in [3.63, 3.8) is 0 Å². The average Bonchev–Trinajstić information content (AvgIpc) is 3.20. The molecule has 178 valence electrons. The molecule has 0 aliphatic heterocycles. The molecule has 12 heteroatoms. The van der Waals surface area contributed by atoms with Crippen molar-refractivity contribution in [2.75, 3.05) is 18.4 Å². The average molecular weight is 477 g/mol. The van der Waals surface area contributed by atoms with E-state index >= 15 is 0 Å². The highest BCUT2D eigenvalue weighted by Gasteiger charge is 2.23. The summed E-state index contributed by atoms with van der Waals surface area (Å²) in [5, 5.41) is 2.69. The number of carbonyl (C=O) groups excluding carboxylic acids is 1. The van der Waals surface area contributed by atoms with Crippen LogP contribution in [0.5, 0.6) is 0 Å². The molecule has 0 unspecified atom stereocenters. The maximum absolute atomic E-state index is 12.9. The van der Waals surface area contributed by atoms with Crippen LogP contribution in [0, 0.1) is 0 Å². The van der Waals surface area contributed by atoms with Crippen LogP contribution in [0.25, 0.3) is 11.2 Å². The van der Waals surface area contributed by atoms with Gasteiger partial charge in [0.2, 0.25) is 15.9 Å². The summed E-state index contributed by atoms with van der Waals surface area (Å²) in [5.41, 5.74) is -0.302. The number of anilines is 1. The Balaban J connectivity index is 1.78. The van der Waals surface area contributed by atoms with Gasteiger partial charge in [0.1, 0.15) is 6.54 Å². The predicted molar refractivity (Wildman–Crippen MR) is 125 cm³/mol. The Kier molecular flexibility index (Phi) is 7.18. The number of rotatable bonds is 9. The maximum atomic E-state index is 12.9. The Hall–Kier alpha value is -3.25. The smallest absolute Gasteiger partial charge is 0.325 e. The number of benzene rings is 1. The van der Waals surface area contributed by atoms with Crippen LogP contribution in [0.1, 0.15) is 26.7 Å². The molecule has 3 aromatic rings. The van der Waals surface area contributed by atoms with Crippen molar-refractivity contribution in [3.05, 3.63) is 51.4 Å². The van der Waals surface area contributed by atoms with Crippen LogP contribution in [0.2, 0.25) is 0 Å². The first-order valence-electron chi connectivity index (χ1n) is 10.6. The van der Waals surface area contributed by atoms with Gasteiger partial charge in [-0.25, -0.2) is 18.2 Å². The third kappa shape index (κ3) is 4.76. The Labute approximate surface area is 191 Å². The molecule has 0 radical (unpaired) electrons. The second-order valence-corrected chi connectivity index (χ2v) is 9.67. The summed E-state index contributed by atoms with van der Waals surface area (Å²) in [7, 11) is -0.749. The van der Waals surface area contributed by atoms with Gasteiger partial charge in [-0.3, -0.25) is 18.7 Å². The first-order chi connectivity index (χ1) is 15.6. The van der Waals surface area contributed by atoms with Gasteiger partial charge in [-0.15, -0.1) is 0 Å². The SMILES string of the molecule is CCCN(CCC)S(=O)(=O)c1ccc(NC(=O)Cn2cnc3c2c(=O)n(C)c(=O)n3C)cc1. The zero-order valence-electron chi connectivity index (χ0n) is 19.1. The number of aromatic nitrogens is 4. The number of fused-ring (bicyclic) bond motifs is 1. The lowest BCUT2D eigenvalue weighted by Crippen LogP contribution is -2.37. The number of sulfonamides is 1. The first-order valence-corrected chi connectivity index (χ1v) is 12.1. The number of nitrogens with one attached hydrogen (secondary N) is 1. The molecule has 0 saturated carbocycles. The van der Waals surface area contributed by atoms with Crippen LogP contribution in [0.15, 0.2) is 45.1 Å². The molecule has 0 spiro atoms. The largest absolute Gasteiger partial charge is 0.332 e. The van der Waals surface area contributed by atoms with Gasteiger partial charge in [-0.2, -0.15) is 4.31 Å². The van der Waals surface area contributed by atoms with Crippen molar-refractivity contribution in [3.8, 4) is 0 Å². The summed E-state index contributed by atoms with van der Waals surface area (Å²) in [6, 6.07) is 5.97. The molecule has 0 fully saturated rings. The van der Waals surface area contributed by atoms with E-state index in [-0.39, 0.29) is 22.6 Å². The summed E-state index contributed by atoms with van der Waals surface area (Å²) in [6.07, 6.45) is 2.76. The molecule has 0 bridgehead atoms. The molecule has 3 rings (SSSR count). The van der Waals surface area contributed by atoms with Gasteiger partial charge in [0, 0.05) is 32.9 Å². The Morgan fingerprint density at radius 3 is 2.21 bits per heavy atom. The second kappa shape index (κ2) is 9.71. The Bertz CT molecular complexity index is 1380. The molecule has 1 aromatic carbocycles. The molecule has 0 aliphatic carbocycles. The van der Waals surface area contributed by atoms with Crippen LogP contribution < -0.4 is 16.6 Å². The lowest BCUT2D eigenvalue weighted by molar-refractivity contribution is -0.116. The standard InChI is InChI=1S/C21H28N6O5S/c1-5-11-27(12-6-2)33(31,32)16-9-7-15(8-10-16)23-17(28)13-26-14-22-19-18(26)20(29)25(4)21(30)24(19)3/h7-10,14H,5-6,11-13H2,1-4H3,(H,23,28). The number of hydrogen-bond acceptors (Lipinski definition) is 6. The minimum atomic E-state index is -3.61. The summed E-state index contributed by atoms with van der Waals surface area (Å²) >= 11 is 0. The van der Waals surface area contributed by atoms with Gasteiger partial charge >= 0.3 is 5.69 Å². The van der Waals surface area contributed by atoms with E-state index in [1.807, 2.05) is 13.8 Å². The molecule has 33 heavy (non-hydrogen) atoms. The molecule has 0 saturated heterocycles. The molecule has 1 amide bonds. The number of imidazole rings is 1. The van der Waals surface area contributed by atoms with Gasteiger partial charge in [0.15, 0.2) is 11.2 Å². The maximum Gasteiger partial charge on any atom is 0.332 e. The Morgan fingerprint density at radius 2 is 1.64 bits per heavy atom. The zero-order valence-corrected chi connectivity index (χ0v) is 19.9. The van der Waals surface area contributed by atoms with E-state index < -0.39 is 27.2 Å². The molecular weight excluding hydrogens is 448 g/mol. The fourth-order valence-corrected chi connectivity index (χ4v) is 5.21. The quantitative estimate of drug-likeness (QED) is 0.488. The number of carbonyl (C=O) groups is 1. The number of hydrogen-bond donors (Lipinski definition) is 1. The fraction of sp³-hybridized carbons (Fsp3) is 0.429. The van der Waals surface area contributed by atoms with E-state index in [1.54, 1.807) is 0 Å². The van der Waals surface area contributed by atoms with Crippen molar-refractivity contribution in [1.29, 1.82) is 0 Å². The molecule has 2 aromatic heterocycles. The van der Waals surface area contributed by atoms with Gasteiger partial charge in [-0.1, -0.05) is 13.8 Å². The highest BCUT2D eigenvalue weighted by molar-refractivity contribution is 7.89. The van der Waals surface area contributed by atoms with Gasteiger partial charge < -0.3 is 9.88 Å². The van der Waals surface area contributed by atoms with E-state index in [1.165, 1.54) is 58.1 Å².